The quantitative estimate of drug-likeness (QED) is 0.506. The van der Waals surface area contributed by atoms with Crippen LogP contribution in [0.15, 0.2) is 34.9 Å². The van der Waals surface area contributed by atoms with Crippen LogP contribution in [-0.2, 0) is 9.59 Å². The highest BCUT2D eigenvalue weighted by molar-refractivity contribution is 8.26. The molecule has 27 heavy (non-hydrogen) atoms. The molecule has 1 aliphatic rings. The number of rotatable bonds is 7. The lowest BCUT2D eigenvalue weighted by Crippen LogP contribution is -2.35. The molecule has 0 saturated carbocycles. The normalized spacial score (nSPS) is 14.2. The first kappa shape index (κ1) is 21.4. The summed E-state index contributed by atoms with van der Waals surface area (Å²) in [5, 5.41) is 0. The SMILES string of the molecule is CCN(CC)C(=S)SC1=C(N(CC)CC)C(=O)N(c2ccc(F)cc2)C1=O. The van der Waals surface area contributed by atoms with Crippen LogP contribution in [0.5, 0.6) is 0 Å². The van der Waals surface area contributed by atoms with Crippen molar-refractivity contribution in [1.82, 2.24) is 9.80 Å². The molecule has 1 aromatic carbocycles. The van der Waals surface area contributed by atoms with Crippen molar-refractivity contribution in [2.24, 2.45) is 0 Å². The largest absolute Gasteiger partial charge is 0.367 e. The van der Waals surface area contributed by atoms with E-state index in [9.17, 15) is 14.0 Å². The first-order chi connectivity index (χ1) is 12.9. The van der Waals surface area contributed by atoms with Gasteiger partial charge in [0.1, 0.15) is 20.7 Å². The molecule has 0 atom stereocenters. The summed E-state index contributed by atoms with van der Waals surface area (Å²) < 4.78 is 13.8. The number of thiocarbonyl (C=S) groups is 1. The van der Waals surface area contributed by atoms with Crippen molar-refractivity contribution < 1.29 is 14.0 Å². The molecule has 0 N–H and O–H groups in total. The summed E-state index contributed by atoms with van der Waals surface area (Å²) in [4.78, 5) is 31.5. The minimum atomic E-state index is -0.424. The maximum Gasteiger partial charge on any atom is 0.283 e. The van der Waals surface area contributed by atoms with Crippen LogP contribution in [0.3, 0.4) is 0 Å². The van der Waals surface area contributed by atoms with Crippen molar-refractivity contribution in [3.63, 3.8) is 0 Å². The molecule has 2 amide bonds. The molecule has 1 aromatic rings. The van der Waals surface area contributed by atoms with Crippen LogP contribution in [0.25, 0.3) is 0 Å². The molecule has 0 radical (unpaired) electrons. The molecule has 0 fully saturated rings. The third-order valence-electron chi connectivity index (χ3n) is 4.39. The van der Waals surface area contributed by atoms with Gasteiger partial charge in [-0.15, -0.1) is 0 Å². The molecule has 146 valence electrons. The fourth-order valence-corrected chi connectivity index (χ4v) is 4.43. The maximum absolute atomic E-state index is 13.3. The van der Waals surface area contributed by atoms with Gasteiger partial charge in [-0.1, -0.05) is 24.0 Å². The van der Waals surface area contributed by atoms with Gasteiger partial charge in [-0.3, -0.25) is 9.59 Å². The average Bonchev–Trinajstić information content (AvgIpc) is 2.89. The van der Waals surface area contributed by atoms with E-state index in [1.54, 1.807) is 0 Å². The predicted molar refractivity (Wildman–Crippen MR) is 112 cm³/mol. The Labute approximate surface area is 169 Å². The third-order valence-corrected chi connectivity index (χ3v) is 5.91. The van der Waals surface area contributed by atoms with Crippen molar-refractivity contribution in [2.45, 2.75) is 27.7 Å². The summed E-state index contributed by atoms with van der Waals surface area (Å²) in [5.41, 5.74) is 0.703. The van der Waals surface area contributed by atoms with Gasteiger partial charge >= 0.3 is 0 Å². The Morgan fingerprint density at radius 1 is 1.00 bits per heavy atom. The van der Waals surface area contributed by atoms with Gasteiger partial charge in [-0.05, 0) is 52.0 Å². The first-order valence-corrected chi connectivity index (χ1v) is 10.2. The Kier molecular flexibility index (Phi) is 7.38. The Bertz CT molecular complexity index is 757. The number of thioether (sulfide) groups is 1. The van der Waals surface area contributed by atoms with Crippen molar-refractivity contribution in [3.05, 3.63) is 40.7 Å². The average molecular weight is 410 g/mol. The summed E-state index contributed by atoms with van der Waals surface area (Å²) in [6.07, 6.45) is 0. The van der Waals surface area contributed by atoms with Gasteiger partial charge < -0.3 is 9.80 Å². The Balaban J connectivity index is 2.46. The van der Waals surface area contributed by atoms with Crippen molar-refractivity contribution in [2.75, 3.05) is 31.1 Å². The van der Waals surface area contributed by atoms with Crippen LogP contribution in [0, 0.1) is 5.82 Å². The predicted octanol–water partition coefficient (Wildman–Crippen LogP) is 3.61. The number of likely N-dealkylation sites (N-methyl/N-ethyl adjacent to an activating group) is 1. The van der Waals surface area contributed by atoms with Gasteiger partial charge in [0, 0.05) is 26.2 Å². The fourth-order valence-electron chi connectivity index (χ4n) is 2.87. The molecular weight excluding hydrogens is 385 g/mol. The monoisotopic (exact) mass is 409 g/mol. The van der Waals surface area contributed by atoms with E-state index >= 15 is 0 Å². The second kappa shape index (κ2) is 9.32. The second-order valence-corrected chi connectivity index (χ2v) is 7.46. The highest BCUT2D eigenvalue weighted by Gasteiger charge is 2.42. The van der Waals surface area contributed by atoms with E-state index in [1.807, 2.05) is 37.5 Å². The van der Waals surface area contributed by atoms with Crippen LogP contribution >= 0.6 is 24.0 Å². The van der Waals surface area contributed by atoms with Gasteiger partial charge in [-0.2, -0.15) is 0 Å². The number of anilines is 1. The summed E-state index contributed by atoms with van der Waals surface area (Å²) >= 11 is 6.65. The molecule has 1 aliphatic heterocycles. The molecular formula is C19H24FN3O2S2. The zero-order chi connectivity index (χ0) is 20.1. The van der Waals surface area contributed by atoms with E-state index in [4.69, 9.17) is 12.2 Å². The molecule has 0 saturated heterocycles. The van der Waals surface area contributed by atoms with E-state index in [-0.39, 0.29) is 0 Å². The maximum atomic E-state index is 13.3. The zero-order valence-electron chi connectivity index (χ0n) is 16.0. The molecule has 0 aromatic heterocycles. The molecule has 0 aliphatic carbocycles. The van der Waals surface area contributed by atoms with Crippen LogP contribution in [-0.4, -0.2) is 52.1 Å². The van der Waals surface area contributed by atoms with Gasteiger partial charge in [0.15, 0.2) is 0 Å². The second-order valence-electron chi connectivity index (χ2n) is 5.81. The fraction of sp³-hybridized carbons (Fsp3) is 0.421. The highest BCUT2D eigenvalue weighted by atomic mass is 32.2. The molecule has 0 unspecified atom stereocenters. The number of halogens is 1. The molecule has 0 spiro atoms. The summed E-state index contributed by atoms with van der Waals surface area (Å²) in [6.45, 7) is 10.5. The summed E-state index contributed by atoms with van der Waals surface area (Å²) in [5.74, 6) is -1.25. The van der Waals surface area contributed by atoms with Crippen molar-refractivity contribution >= 4 is 45.8 Å². The molecule has 1 heterocycles. The van der Waals surface area contributed by atoms with E-state index in [1.165, 1.54) is 24.3 Å². The smallest absolute Gasteiger partial charge is 0.283 e. The lowest BCUT2D eigenvalue weighted by molar-refractivity contribution is -0.121. The molecule has 8 heteroatoms. The van der Waals surface area contributed by atoms with Crippen LogP contribution in [0.4, 0.5) is 10.1 Å². The molecule has 0 bridgehead atoms. The van der Waals surface area contributed by atoms with E-state index in [0.717, 1.165) is 29.8 Å². The van der Waals surface area contributed by atoms with Crippen molar-refractivity contribution in [1.29, 1.82) is 0 Å². The van der Waals surface area contributed by atoms with Gasteiger partial charge in [0.25, 0.3) is 11.8 Å². The van der Waals surface area contributed by atoms with Crippen LogP contribution in [0.2, 0.25) is 0 Å². The number of carbonyl (C=O) groups excluding carboxylic acids is 2. The minimum absolute atomic E-state index is 0.324. The number of benzene rings is 1. The van der Waals surface area contributed by atoms with E-state index < -0.39 is 17.6 Å². The van der Waals surface area contributed by atoms with Crippen LogP contribution < -0.4 is 4.90 Å². The highest BCUT2D eigenvalue weighted by Crippen LogP contribution is 2.36. The standard InChI is InChI=1S/C19H24FN3O2S2/c1-5-21(6-2)15-16(27-19(26)22(7-3)8-4)18(25)23(17(15)24)14-11-9-13(20)10-12-14/h9-12H,5-8H2,1-4H3. The lowest BCUT2D eigenvalue weighted by Gasteiger charge is -2.23. The minimum Gasteiger partial charge on any atom is -0.367 e. The van der Waals surface area contributed by atoms with Gasteiger partial charge in [-0.25, -0.2) is 9.29 Å². The summed E-state index contributed by atoms with van der Waals surface area (Å²) in [7, 11) is 0. The number of carbonyl (C=O) groups is 2. The Hall–Kier alpha value is -1.93. The first-order valence-electron chi connectivity index (χ1n) is 8.99. The lowest BCUT2D eigenvalue weighted by atomic mass is 10.3. The van der Waals surface area contributed by atoms with E-state index in [0.29, 0.717) is 33.7 Å². The van der Waals surface area contributed by atoms with E-state index in [2.05, 4.69) is 0 Å². The zero-order valence-corrected chi connectivity index (χ0v) is 17.6. The van der Waals surface area contributed by atoms with Crippen molar-refractivity contribution in [3.8, 4) is 0 Å². The number of hydrogen-bond acceptors (Lipinski definition) is 5. The van der Waals surface area contributed by atoms with Gasteiger partial charge in [0.2, 0.25) is 0 Å². The van der Waals surface area contributed by atoms with Crippen LogP contribution in [0.1, 0.15) is 27.7 Å². The van der Waals surface area contributed by atoms with Gasteiger partial charge in [0.05, 0.1) is 5.69 Å². The molecule has 2 rings (SSSR count). The Morgan fingerprint density at radius 2 is 1.56 bits per heavy atom. The summed E-state index contributed by atoms with van der Waals surface area (Å²) in [6, 6.07) is 5.33. The Morgan fingerprint density at radius 3 is 2.04 bits per heavy atom. The number of nitrogens with zero attached hydrogens (tertiary/aromatic N) is 3. The number of imide groups is 1. The number of hydrogen-bond donors (Lipinski definition) is 0. The number of amides is 2. The molecule has 5 nitrogen and oxygen atoms in total. The third kappa shape index (κ3) is 4.32. The topological polar surface area (TPSA) is 43.9 Å².